The fourth-order valence-electron chi connectivity index (χ4n) is 2.83. The Morgan fingerprint density at radius 1 is 0.885 bits per heavy atom. The Kier molecular flexibility index (Phi) is 5.73. The van der Waals surface area contributed by atoms with Gasteiger partial charge in [-0.1, -0.05) is 30.3 Å². The van der Waals surface area contributed by atoms with Crippen LogP contribution in [0.2, 0.25) is 0 Å². The van der Waals surface area contributed by atoms with Crippen LogP contribution >= 0.6 is 0 Å². The zero-order valence-corrected chi connectivity index (χ0v) is 14.8. The van der Waals surface area contributed by atoms with E-state index in [2.05, 4.69) is 0 Å². The summed E-state index contributed by atoms with van der Waals surface area (Å²) in [6.07, 6.45) is -0.326. The average molecular weight is 354 g/mol. The maximum atomic E-state index is 12.9. The molecular formula is C20H22N2O4. The van der Waals surface area contributed by atoms with Gasteiger partial charge in [-0.15, -0.1) is 0 Å². The van der Waals surface area contributed by atoms with E-state index in [0.717, 1.165) is 0 Å². The van der Waals surface area contributed by atoms with Crippen LogP contribution in [-0.4, -0.2) is 54.6 Å². The van der Waals surface area contributed by atoms with Crippen LogP contribution in [0.1, 0.15) is 17.3 Å². The highest BCUT2D eigenvalue weighted by atomic mass is 16.6. The molecule has 0 saturated carbocycles. The second-order valence-corrected chi connectivity index (χ2v) is 5.89. The minimum Gasteiger partial charge on any atom is -0.457 e. The van der Waals surface area contributed by atoms with E-state index in [0.29, 0.717) is 49.8 Å². The summed E-state index contributed by atoms with van der Waals surface area (Å²) in [6.45, 7) is 4.00. The molecule has 0 aliphatic carbocycles. The molecule has 0 spiro atoms. The van der Waals surface area contributed by atoms with Crippen molar-refractivity contribution in [3.63, 3.8) is 0 Å². The topological polar surface area (TPSA) is 59.1 Å². The molecule has 1 aliphatic rings. The molecular weight excluding hydrogens is 332 g/mol. The van der Waals surface area contributed by atoms with E-state index in [1.54, 1.807) is 28.9 Å². The van der Waals surface area contributed by atoms with E-state index in [-0.39, 0.29) is 12.0 Å². The van der Waals surface area contributed by atoms with Crippen molar-refractivity contribution in [3.05, 3.63) is 60.2 Å². The fourth-order valence-corrected chi connectivity index (χ4v) is 2.83. The molecule has 6 heteroatoms. The summed E-state index contributed by atoms with van der Waals surface area (Å²) in [7, 11) is 0. The van der Waals surface area contributed by atoms with Crippen LogP contribution in [0.3, 0.4) is 0 Å². The number of rotatable bonds is 4. The molecule has 136 valence electrons. The predicted molar refractivity (Wildman–Crippen MR) is 97.5 cm³/mol. The van der Waals surface area contributed by atoms with Crippen LogP contribution in [-0.2, 0) is 4.74 Å². The first-order chi connectivity index (χ1) is 12.7. The Bertz CT molecular complexity index is 755. The zero-order chi connectivity index (χ0) is 18.4. The maximum Gasteiger partial charge on any atom is 0.409 e. The Morgan fingerprint density at radius 3 is 2.19 bits per heavy atom. The molecule has 2 aromatic rings. The van der Waals surface area contributed by atoms with Gasteiger partial charge in [0.05, 0.1) is 12.2 Å². The third-order valence-corrected chi connectivity index (χ3v) is 4.18. The second kappa shape index (κ2) is 8.38. The first-order valence-electron chi connectivity index (χ1n) is 8.72. The van der Waals surface area contributed by atoms with Crippen molar-refractivity contribution in [3.8, 4) is 11.5 Å². The van der Waals surface area contributed by atoms with Crippen molar-refractivity contribution in [2.45, 2.75) is 6.92 Å². The van der Waals surface area contributed by atoms with E-state index >= 15 is 0 Å². The lowest BCUT2D eigenvalue weighted by Crippen LogP contribution is -2.50. The fraction of sp³-hybridized carbons (Fsp3) is 0.300. The van der Waals surface area contributed by atoms with Crippen molar-refractivity contribution in [1.29, 1.82) is 0 Å². The summed E-state index contributed by atoms with van der Waals surface area (Å²) >= 11 is 0. The monoisotopic (exact) mass is 354 g/mol. The minimum atomic E-state index is -0.326. The number of ether oxygens (including phenoxy) is 2. The first-order valence-corrected chi connectivity index (χ1v) is 8.72. The van der Waals surface area contributed by atoms with Gasteiger partial charge in [-0.3, -0.25) is 4.79 Å². The van der Waals surface area contributed by atoms with Gasteiger partial charge in [-0.05, 0) is 31.2 Å². The van der Waals surface area contributed by atoms with Crippen LogP contribution in [0.25, 0.3) is 0 Å². The summed E-state index contributed by atoms with van der Waals surface area (Å²) in [5.74, 6) is 1.11. The Hall–Kier alpha value is -3.02. The van der Waals surface area contributed by atoms with Gasteiger partial charge >= 0.3 is 6.09 Å². The Balaban J connectivity index is 1.68. The Morgan fingerprint density at radius 2 is 1.50 bits per heavy atom. The molecule has 26 heavy (non-hydrogen) atoms. The lowest BCUT2D eigenvalue weighted by molar-refractivity contribution is 0.0568. The number of carbonyl (C=O) groups excluding carboxylic acids is 2. The lowest BCUT2D eigenvalue weighted by atomic mass is 10.1. The van der Waals surface area contributed by atoms with Gasteiger partial charge < -0.3 is 19.3 Å². The van der Waals surface area contributed by atoms with Gasteiger partial charge in [0.15, 0.2) is 0 Å². The highest BCUT2D eigenvalue weighted by molar-refractivity contribution is 5.97. The molecule has 0 radical (unpaired) electrons. The van der Waals surface area contributed by atoms with Crippen molar-refractivity contribution in [2.75, 3.05) is 32.8 Å². The molecule has 6 nitrogen and oxygen atoms in total. The third kappa shape index (κ3) is 4.14. The van der Waals surface area contributed by atoms with Crippen molar-refractivity contribution >= 4 is 12.0 Å². The third-order valence-electron chi connectivity index (χ3n) is 4.18. The lowest BCUT2D eigenvalue weighted by Gasteiger charge is -2.34. The average Bonchev–Trinajstić information content (AvgIpc) is 2.69. The SMILES string of the molecule is CCOC(=O)N1CCN(C(=O)c2ccccc2Oc2ccccc2)CC1. The predicted octanol–water partition coefficient (Wildman–Crippen LogP) is 3.39. The van der Waals surface area contributed by atoms with Crippen molar-refractivity contribution < 1.29 is 19.1 Å². The molecule has 1 aliphatic heterocycles. The van der Waals surface area contributed by atoms with Crippen LogP contribution in [0.5, 0.6) is 11.5 Å². The highest BCUT2D eigenvalue weighted by Gasteiger charge is 2.27. The van der Waals surface area contributed by atoms with Gasteiger partial charge in [0, 0.05) is 26.2 Å². The summed E-state index contributed by atoms with van der Waals surface area (Å²) < 4.78 is 10.9. The van der Waals surface area contributed by atoms with E-state index in [1.165, 1.54) is 0 Å². The zero-order valence-electron chi connectivity index (χ0n) is 14.8. The normalized spacial score (nSPS) is 14.0. The largest absolute Gasteiger partial charge is 0.457 e. The van der Waals surface area contributed by atoms with E-state index in [4.69, 9.17) is 9.47 Å². The molecule has 3 rings (SSSR count). The van der Waals surface area contributed by atoms with Gasteiger partial charge in [0.1, 0.15) is 11.5 Å². The van der Waals surface area contributed by atoms with Gasteiger partial charge in [0.25, 0.3) is 5.91 Å². The quantitative estimate of drug-likeness (QED) is 0.844. The molecule has 1 saturated heterocycles. The van der Waals surface area contributed by atoms with E-state index in [1.807, 2.05) is 42.5 Å². The van der Waals surface area contributed by atoms with E-state index in [9.17, 15) is 9.59 Å². The Labute approximate surface area is 152 Å². The highest BCUT2D eigenvalue weighted by Crippen LogP contribution is 2.26. The second-order valence-electron chi connectivity index (χ2n) is 5.89. The molecule has 0 N–H and O–H groups in total. The van der Waals surface area contributed by atoms with Crippen molar-refractivity contribution in [1.82, 2.24) is 9.80 Å². The molecule has 0 unspecified atom stereocenters. The number of benzene rings is 2. The number of hydrogen-bond donors (Lipinski definition) is 0. The number of hydrogen-bond acceptors (Lipinski definition) is 4. The van der Waals surface area contributed by atoms with Crippen LogP contribution in [0.4, 0.5) is 4.79 Å². The summed E-state index contributed by atoms with van der Waals surface area (Å²) in [4.78, 5) is 28.1. The smallest absolute Gasteiger partial charge is 0.409 e. The molecule has 2 amide bonds. The first kappa shape index (κ1) is 17.8. The number of para-hydroxylation sites is 2. The van der Waals surface area contributed by atoms with Gasteiger partial charge in [0.2, 0.25) is 0 Å². The van der Waals surface area contributed by atoms with Crippen LogP contribution < -0.4 is 4.74 Å². The molecule has 0 atom stereocenters. The number of carbonyl (C=O) groups is 2. The van der Waals surface area contributed by atoms with Gasteiger partial charge in [-0.25, -0.2) is 4.79 Å². The van der Waals surface area contributed by atoms with Crippen LogP contribution in [0, 0.1) is 0 Å². The summed E-state index contributed by atoms with van der Waals surface area (Å²) in [5, 5.41) is 0. The molecule has 0 bridgehead atoms. The molecule has 1 fully saturated rings. The number of nitrogens with zero attached hydrogens (tertiary/aromatic N) is 2. The van der Waals surface area contributed by atoms with Crippen LogP contribution in [0.15, 0.2) is 54.6 Å². The summed E-state index contributed by atoms with van der Waals surface area (Å²) in [6, 6.07) is 16.6. The summed E-state index contributed by atoms with van der Waals surface area (Å²) in [5.41, 5.74) is 0.515. The standard InChI is InChI=1S/C20H22N2O4/c1-2-25-20(24)22-14-12-21(13-15-22)19(23)17-10-6-7-11-18(17)26-16-8-4-3-5-9-16/h3-11H,2,12-15H2,1H3. The molecule has 2 aromatic carbocycles. The number of piperazine rings is 1. The molecule has 1 heterocycles. The number of amides is 2. The maximum absolute atomic E-state index is 12.9. The minimum absolute atomic E-state index is 0.0972. The van der Waals surface area contributed by atoms with E-state index < -0.39 is 0 Å². The van der Waals surface area contributed by atoms with Gasteiger partial charge in [-0.2, -0.15) is 0 Å². The van der Waals surface area contributed by atoms with Crippen molar-refractivity contribution in [2.24, 2.45) is 0 Å². The molecule has 0 aromatic heterocycles.